The van der Waals surface area contributed by atoms with Crippen LogP contribution in [0.2, 0.25) is 0 Å². The van der Waals surface area contributed by atoms with Crippen LogP contribution in [-0.4, -0.2) is 37.9 Å². The Bertz CT molecular complexity index is 797. The van der Waals surface area contributed by atoms with Gasteiger partial charge in [0, 0.05) is 16.6 Å². The van der Waals surface area contributed by atoms with Gasteiger partial charge < -0.3 is 19.1 Å². The van der Waals surface area contributed by atoms with Crippen LogP contribution in [0.3, 0.4) is 0 Å². The minimum Gasteiger partial charge on any atom is -0.497 e. The van der Waals surface area contributed by atoms with Crippen LogP contribution in [0.25, 0.3) is 0 Å². The van der Waals surface area contributed by atoms with E-state index in [1.54, 1.807) is 33.1 Å². The maximum absolute atomic E-state index is 12.5. The van der Waals surface area contributed by atoms with E-state index in [0.29, 0.717) is 23.8 Å². The van der Waals surface area contributed by atoms with Gasteiger partial charge in [0.2, 0.25) is 5.91 Å². The number of carbonyl (C=O) groups excluding carboxylic acids is 1. The summed E-state index contributed by atoms with van der Waals surface area (Å²) < 4.78 is 16.9. The first kappa shape index (κ1) is 18.9. The summed E-state index contributed by atoms with van der Waals surface area (Å²) in [5.41, 5.74) is 2.05. The summed E-state index contributed by atoms with van der Waals surface area (Å²) in [5, 5.41) is -0.0845. The molecule has 1 aliphatic rings. The number of hydrogen-bond acceptors (Lipinski definition) is 5. The lowest BCUT2D eigenvalue weighted by molar-refractivity contribution is -0.128. The molecule has 7 heteroatoms. The van der Waals surface area contributed by atoms with Gasteiger partial charge in [0.05, 0.1) is 27.1 Å². The third-order valence-electron chi connectivity index (χ3n) is 4.25. The Balaban J connectivity index is 1.89. The van der Waals surface area contributed by atoms with Crippen molar-refractivity contribution in [2.75, 3.05) is 27.1 Å². The molecule has 2 aromatic carbocycles. The van der Waals surface area contributed by atoms with Crippen LogP contribution in [0.4, 0.5) is 0 Å². The van der Waals surface area contributed by atoms with Crippen molar-refractivity contribution < 1.29 is 19.0 Å². The lowest BCUT2D eigenvalue weighted by Gasteiger charge is -2.26. The number of nitrogens with zero attached hydrogens (tertiary/aromatic N) is 1. The van der Waals surface area contributed by atoms with Crippen LogP contribution in [0.1, 0.15) is 16.5 Å². The fourth-order valence-corrected chi connectivity index (χ4v) is 4.77. The zero-order chi connectivity index (χ0) is 18.7. The number of amides is 1. The molecule has 26 heavy (non-hydrogen) atoms. The monoisotopic (exact) mass is 437 g/mol. The van der Waals surface area contributed by atoms with Gasteiger partial charge in [-0.1, -0.05) is 28.1 Å². The van der Waals surface area contributed by atoms with E-state index in [0.717, 1.165) is 21.3 Å². The molecule has 1 unspecified atom stereocenters. The molecule has 138 valence electrons. The summed E-state index contributed by atoms with van der Waals surface area (Å²) in [6.45, 7) is 0.543. The highest BCUT2D eigenvalue weighted by Crippen LogP contribution is 2.45. The van der Waals surface area contributed by atoms with E-state index in [2.05, 4.69) is 15.9 Å². The Kier molecular flexibility index (Phi) is 5.98. The first-order valence-corrected chi connectivity index (χ1v) is 9.87. The topological polar surface area (TPSA) is 48.0 Å². The number of benzene rings is 2. The number of methoxy groups -OCH3 is 3. The van der Waals surface area contributed by atoms with Gasteiger partial charge >= 0.3 is 0 Å². The average molecular weight is 438 g/mol. The van der Waals surface area contributed by atoms with Crippen LogP contribution < -0.4 is 14.2 Å². The third kappa shape index (κ3) is 3.78. The molecule has 1 aliphatic heterocycles. The van der Waals surface area contributed by atoms with E-state index in [4.69, 9.17) is 14.2 Å². The number of rotatable bonds is 6. The van der Waals surface area contributed by atoms with E-state index in [-0.39, 0.29) is 11.3 Å². The fourth-order valence-electron chi connectivity index (χ4n) is 2.87. The molecule has 0 radical (unpaired) electrons. The maximum atomic E-state index is 12.5. The molecule has 0 bridgehead atoms. The van der Waals surface area contributed by atoms with Crippen molar-refractivity contribution in [3.63, 3.8) is 0 Å². The minimum absolute atomic E-state index is 0.0845. The Morgan fingerprint density at radius 2 is 1.73 bits per heavy atom. The van der Waals surface area contributed by atoms with Crippen LogP contribution in [0.15, 0.2) is 40.9 Å². The number of halogens is 1. The van der Waals surface area contributed by atoms with E-state index >= 15 is 0 Å². The highest BCUT2D eigenvalue weighted by atomic mass is 79.9. The van der Waals surface area contributed by atoms with Gasteiger partial charge in [0.25, 0.3) is 0 Å². The minimum atomic E-state index is -0.0845. The summed E-state index contributed by atoms with van der Waals surface area (Å²) in [4.78, 5) is 14.4. The second-order valence-corrected chi connectivity index (χ2v) is 7.68. The second kappa shape index (κ2) is 8.22. The summed E-state index contributed by atoms with van der Waals surface area (Å²) in [6, 6.07) is 11.6. The first-order valence-electron chi connectivity index (χ1n) is 8.02. The van der Waals surface area contributed by atoms with Crippen molar-refractivity contribution in [3.8, 4) is 17.2 Å². The molecule has 5 nitrogen and oxygen atoms in total. The van der Waals surface area contributed by atoms with Crippen LogP contribution in [-0.2, 0) is 11.3 Å². The van der Waals surface area contributed by atoms with Gasteiger partial charge in [-0.05, 0) is 29.8 Å². The number of hydrogen-bond donors (Lipinski definition) is 0. The lowest BCUT2D eigenvalue weighted by Crippen LogP contribution is -2.27. The zero-order valence-corrected chi connectivity index (χ0v) is 17.2. The molecule has 0 aromatic heterocycles. The van der Waals surface area contributed by atoms with Crippen molar-refractivity contribution >= 4 is 33.6 Å². The smallest absolute Gasteiger partial charge is 0.234 e. The van der Waals surface area contributed by atoms with Crippen molar-refractivity contribution in [1.29, 1.82) is 0 Å². The average Bonchev–Trinajstić information content (AvgIpc) is 3.02. The van der Waals surface area contributed by atoms with Gasteiger partial charge in [-0.25, -0.2) is 0 Å². The second-order valence-electron chi connectivity index (χ2n) is 5.76. The number of ether oxygens (including phenoxy) is 3. The van der Waals surface area contributed by atoms with Crippen LogP contribution in [0, 0.1) is 0 Å². The van der Waals surface area contributed by atoms with E-state index < -0.39 is 0 Å². The molecule has 0 aliphatic carbocycles. The SMILES string of the molecule is COc1ccc(CN2C(=O)CSC2c2cc(OC)c(OC)cc2Br)cc1. The van der Waals surface area contributed by atoms with E-state index in [9.17, 15) is 4.79 Å². The molecule has 1 atom stereocenters. The van der Waals surface area contributed by atoms with Gasteiger partial charge in [-0.15, -0.1) is 11.8 Å². The van der Waals surface area contributed by atoms with Crippen LogP contribution >= 0.6 is 27.7 Å². The molecule has 1 amide bonds. The predicted molar refractivity (Wildman–Crippen MR) is 106 cm³/mol. The van der Waals surface area contributed by atoms with Crippen molar-refractivity contribution in [1.82, 2.24) is 4.90 Å². The summed E-state index contributed by atoms with van der Waals surface area (Å²) in [6.07, 6.45) is 0. The number of carbonyl (C=O) groups is 1. The van der Waals surface area contributed by atoms with Gasteiger partial charge in [-0.2, -0.15) is 0 Å². The van der Waals surface area contributed by atoms with E-state index in [1.165, 1.54) is 0 Å². The lowest BCUT2D eigenvalue weighted by atomic mass is 10.1. The standard InChI is InChI=1S/C19H20BrNO4S/c1-23-13-6-4-12(5-7-13)10-21-18(22)11-26-19(21)14-8-16(24-2)17(25-3)9-15(14)20/h4-9,19H,10-11H2,1-3H3. The normalized spacial score (nSPS) is 16.7. The largest absolute Gasteiger partial charge is 0.497 e. The molecular weight excluding hydrogens is 418 g/mol. The molecule has 1 heterocycles. The molecule has 1 saturated heterocycles. The molecule has 0 spiro atoms. The summed E-state index contributed by atoms with van der Waals surface area (Å²) in [7, 11) is 4.85. The fraction of sp³-hybridized carbons (Fsp3) is 0.316. The Labute approximate surface area is 165 Å². The Hall–Kier alpha value is -1.86. The highest BCUT2D eigenvalue weighted by molar-refractivity contribution is 9.10. The van der Waals surface area contributed by atoms with Gasteiger partial charge in [-0.3, -0.25) is 4.79 Å². The van der Waals surface area contributed by atoms with Crippen molar-refractivity contribution in [2.24, 2.45) is 0 Å². The van der Waals surface area contributed by atoms with E-state index in [1.807, 2.05) is 41.3 Å². The molecular formula is C19H20BrNO4S. The zero-order valence-electron chi connectivity index (χ0n) is 14.8. The molecule has 3 rings (SSSR count). The molecule has 0 N–H and O–H groups in total. The number of thioether (sulfide) groups is 1. The quantitative estimate of drug-likeness (QED) is 0.675. The van der Waals surface area contributed by atoms with Gasteiger partial charge in [0.1, 0.15) is 11.1 Å². The third-order valence-corrected chi connectivity index (χ3v) is 6.17. The predicted octanol–water partition coefficient (Wildman–Crippen LogP) is 4.25. The highest BCUT2D eigenvalue weighted by Gasteiger charge is 2.34. The molecule has 1 fully saturated rings. The Morgan fingerprint density at radius 1 is 1.08 bits per heavy atom. The van der Waals surface area contributed by atoms with Crippen molar-refractivity contribution in [3.05, 3.63) is 52.0 Å². The maximum Gasteiger partial charge on any atom is 0.234 e. The summed E-state index contributed by atoms with van der Waals surface area (Å²) in [5.74, 6) is 2.68. The molecule has 2 aromatic rings. The molecule has 0 saturated carbocycles. The first-order chi connectivity index (χ1) is 12.6. The van der Waals surface area contributed by atoms with Gasteiger partial charge in [0.15, 0.2) is 11.5 Å². The summed E-state index contributed by atoms with van der Waals surface area (Å²) >= 11 is 5.22. The van der Waals surface area contributed by atoms with Crippen molar-refractivity contribution in [2.45, 2.75) is 11.9 Å². The van der Waals surface area contributed by atoms with Crippen LogP contribution in [0.5, 0.6) is 17.2 Å². The Morgan fingerprint density at radius 3 is 2.35 bits per heavy atom.